The predicted molar refractivity (Wildman–Crippen MR) is 104 cm³/mol. The number of hydrogen-bond acceptors (Lipinski definition) is 4. The van der Waals surface area contributed by atoms with Crippen LogP contribution in [-0.4, -0.2) is 48.3 Å². The highest BCUT2D eigenvalue weighted by Gasteiger charge is 2.49. The zero-order valence-corrected chi connectivity index (χ0v) is 16.1. The number of ether oxygens (including phenoxy) is 1. The van der Waals surface area contributed by atoms with Gasteiger partial charge in [-0.1, -0.05) is 48.5 Å². The average molecular weight is 381 g/mol. The van der Waals surface area contributed by atoms with Crippen LogP contribution >= 0.6 is 0 Å². The van der Waals surface area contributed by atoms with Crippen molar-refractivity contribution >= 4 is 17.8 Å². The Labute approximate surface area is 163 Å². The fourth-order valence-electron chi connectivity index (χ4n) is 3.24. The van der Waals surface area contributed by atoms with Crippen LogP contribution in [0.25, 0.3) is 0 Å². The zero-order chi connectivity index (χ0) is 20.3. The largest absolute Gasteiger partial charge is 0.496 e. The number of carbonyl (C=O) groups is 3. The first-order valence-corrected chi connectivity index (χ1v) is 8.92. The minimum absolute atomic E-state index is 0.308. The molecule has 7 nitrogen and oxygen atoms in total. The number of rotatable bonds is 6. The number of nitrogens with zero attached hydrogens (tertiary/aromatic N) is 2. The molecular formula is C21H23N3O4. The van der Waals surface area contributed by atoms with Gasteiger partial charge in [0.1, 0.15) is 17.8 Å². The molecule has 0 saturated carbocycles. The zero-order valence-electron chi connectivity index (χ0n) is 16.1. The highest BCUT2D eigenvalue weighted by Crippen LogP contribution is 2.28. The number of imide groups is 1. The van der Waals surface area contributed by atoms with E-state index in [2.05, 4.69) is 5.32 Å². The number of para-hydroxylation sites is 1. The van der Waals surface area contributed by atoms with Crippen molar-refractivity contribution in [3.05, 3.63) is 65.7 Å². The molecule has 1 N–H and O–H groups in total. The summed E-state index contributed by atoms with van der Waals surface area (Å²) in [6, 6.07) is 15.8. The van der Waals surface area contributed by atoms with Gasteiger partial charge in [0.25, 0.3) is 5.91 Å². The molecule has 1 atom stereocenters. The quantitative estimate of drug-likeness (QED) is 0.778. The molecule has 3 rings (SSSR count). The molecule has 1 aliphatic heterocycles. The number of hydrogen-bond donors (Lipinski definition) is 1. The van der Waals surface area contributed by atoms with Gasteiger partial charge in [-0.15, -0.1) is 0 Å². The van der Waals surface area contributed by atoms with Gasteiger partial charge in [0, 0.05) is 19.2 Å². The van der Waals surface area contributed by atoms with Crippen molar-refractivity contribution < 1.29 is 19.1 Å². The van der Waals surface area contributed by atoms with Gasteiger partial charge in [-0.05, 0) is 18.6 Å². The van der Waals surface area contributed by atoms with Crippen molar-refractivity contribution in [3.8, 4) is 5.75 Å². The first-order valence-electron chi connectivity index (χ1n) is 8.92. The fraction of sp³-hybridized carbons (Fsp3) is 0.286. The number of amides is 4. The third-order valence-corrected chi connectivity index (χ3v) is 4.95. The molecule has 1 aliphatic rings. The van der Waals surface area contributed by atoms with E-state index in [1.54, 1.807) is 45.3 Å². The van der Waals surface area contributed by atoms with Gasteiger partial charge in [-0.3, -0.25) is 14.5 Å². The molecule has 146 valence electrons. The lowest BCUT2D eigenvalue weighted by atomic mass is 9.92. The van der Waals surface area contributed by atoms with E-state index >= 15 is 0 Å². The van der Waals surface area contributed by atoms with Crippen molar-refractivity contribution in [2.24, 2.45) is 0 Å². The number of urea groups is 1. The van der Waals surface area contributed by atoms with Gasteiger partial charge in [0.2, 0.25) is 5.91 Å². The number of benzene rings is 2. The minimum Gasteiger partial charge on any atom is -0.496 e. The van der Waals surface area contributed by atoms with Crippen LogP contribution in [0.5, 0.6) is 5.75 Å². The summed E-state index contributed by atoms with van der Waals surface area (Å²) in [6.07, 6.45) is 0. The first-order chi connectivity index (χ1) is 13.4. The third-order valence-electron chi connectivity index (χ3n) is 4.95. The van der Waals surface area contributed by atoms with E-state index in [1.807, 2.05) is 30.3 Å². The van der Waals surface area contributed by atoms with Crippen LogP contribution < -0.4 is 10.1 Å². The summed E-state index contributed by atoms with van der Waals surface area (Å²) in [4.78, 5) is 40.4. The molecule has 28 heavy (non-hydrogen) atoms. The standard InChI is InChI=1S/C21H23N3O4/c1-21(16-10-5-4-6-11-16)19(26)24(20(27)22-21)14-18(25)23(2)13-15-9-7-8-12-17(15)28-3/h4-12H,13-14H2,1-3H3,(H,22,27)/t21-/m1/s1. The molecule has 0 spiro atoms. The predicted octanol–water partition coefficient (Wildman–Crippen LogP) is 2.12. The molecule has 2 aromatic carbocycles. The van der Waals surface area contributed by atoms with E-state index in [0.29, 0.717) is 17.9 Å². The summed E-state index contributed by atoms with van der Waals surface area (Å²) >= 11 is 0. The average Bonchev–Trinajstić information content (AvgIpc) is 2.93. The summed E-state index contributed by atoms with van der Waals surface area (Å²) in [5.74, 6) is -0.108. The Hall–Kier alpha value is -3.35. The van der Waals surface area contributed by atoms with E-state index in [4.69, 9.17) is 4.74 Å². The van der Waals surface area contributed by atoms with Crippen LogP contribution in [0, 0.1) is 0 Å². The Bertz CT molecular complexity index is 900. The van der Waals surface area contributed by atoms with Crippen LogP contribution in [0.1, 0.15) is 18.1 Å². The maximum absolute atomic E-state index is 12.9. The Kier molecular flexibility index (Phi) is 5.35. The maximum atomic E-state index is 12.9. The Morgan fingerprint density at radius 2 is 1.75 bits per heavy atom. The molecule has 0 radical (unpaired) electrons. The molecule has 0 aromatic heterocycles. The van der Waals surface area contributed by atoms with Crippen LogP contribution in [0.3, 0.4) is 0 Å². The van der Waals surface area contributed by atoms with Crippen molar-refractivity contribution in [1.29, 1.82) is 0 Å². The van der Waals surface area contributed by atoms with Crippen LogP contribution in [0.15, 0.2) is 54.6 Å². The molecule has 7 heteroatoms. The maximum Gasteiger partial charge on any atom is 0.325 e. The first kappa shape index (κ1) is 19.4. The van der Waals surface area contributed by atoms with E-state index in [9.17, 15) is 14.4 Å². The lowest BCUT2D eigenvalue weighted by molar-refractivity contribution is -0.138. The smallest absolute Gasteiger partial charge is 0.325 e. The third kappa shape index (κ3) is 3.55. The van der Waals surface area contributed by atoms with E-state index < -0.39 is 17.5 Å². The van der Waals surface area contributed by atoms with Gasteiger partial charge in [0.05, 0.1) is 7.11 Å². The van der Waals surface area contributed by atoms with Gasteiger partial charge < -0.3 is 15.0 Å². The molecular weight excluding hydrogens is 358 g/mol. The molecule has 2 aromatic rings. The fourth-order valence-corrected chi connectivity index (χ4v) is 3.24. The van der Waals surface area contributed by atoms with E-state index in [0.717, 1.165) is 10.5 Å². The Morgan fingerprint density at radius 3 is 2.43 bits per heavy atom. The number of nitrogens with one attached hydrogen (secondary N) is 1. The van der Waals surface area contributed by atoms with Crippen molar-refractivity contribution in [2.75, 3.05) is 20.7 Å². The molecule has 1 fully saturated rings. The Morgan fingerprint density at radius 1 is 1.11 bits per heavy atom. The second-order valence-corrected chi connectivity index (χ2v) is 6.87. The number of likely N-dealkylation sites (N-methyl/N-ethyl adjacent to an activating group) is 1. The van der Waals surface area contributed by atoms with Crippen molar-refractivity contribution in [3.63, 3.8) is 0 Å². The monoisotopic (exact) mass is 381 g/mol. The van der Waals surface area contributed by atoms with Gasteiger partial charge in [-0.25, -0.2) is 4.79 Å². The topological polar surface area (TPSA) is 79.0 Å². The van der Waals surface area contributed by atoms with E-state index in [1.165, 1.54) is 4.90 Å². The SMILES string of the molecule is COc1ccccc1CN(C)C(=O)CN1C(=O)N[C@](C)(c2ccccc2)C1=O. The highest BCUT2D eigenvalue weighted by atomic mass is 16.5. The summed E-state index contributed by atoms with van der Waals surface area (Å²) < 4.78 is 5.30. The summed E-state index contributed by atoms with van der Waals surface area (Å²) in [7, 11) is 3.20. The molecule has 4 amide bonds. The second-order valence-electron chi connectivity index (χ2n) is 6.87. The highest BCUT2D eigenvalue weighted by molar-refractivity contribution is 6.09. The van der Waals surface area contributed by atoms with E-state index in [-0.39, 0.29) is 12.5 Å². The lowest BCUT2D eigenvalue weighted by Crippen LogP contribution is -2.43. The molecule has 0 bridgehead atoms. The van der Waals surface area contributed by atoms with Gasteiger partial charge in [0.15, 0.2) is 0 Å². The lowest BCUT2D eigenvalue weighted by Gasteiger charge is -2.23. The van der Waals surface area contributed by atoms with Gasteiger partial charge >= 0.3 is 6.03 Å². The molecule has 0 unspecified atom stereocenters. The second kappa shape index (κ2) is 7.72. The normalized spacial score (nSPS) is 18.8. The van der Waals surface area contributed by atoms with Crippen LogP contribution in [0.2, 0.25) is 0 Å². The molecule has 1 heterocycles. The van der Waals surface area contributed by atoms with Gasteiger partial charge in [-0.2, -0.15) is 0 Å². The summed E-state index contributed by atoms with van der Waals surface area (Å²) in [5.41, 5.74) is 0.331. The van der Waals surface area contributed by atoms with Crippen LogP contribution in [0.4, 0.5) is 4.79 Å². The number of methoxy groups -OCH3 is 1. The van der Waals surface area contributed by atoms with Crippen molar-refractivity contribution in [2.45, 2.75) is 19.0 Å². The minimum atomic E-state index is -1.18. The summed E-state index contributed by atoms with van der Waals surface area (Å²) in [5, 5.41) is 2.71. The van der Waals surface area contributed by atoms with Crippen LogP contribution in [-0.2, 0) is 21.7 Å². The van der Waals surface area contributed by atoms with Crippen molar-refractivity contribution in [1.82, 2.24) is 15.1 Å². The molecule has 1 saturated heterocycles. The number of carbonyl (C=O) groups excluding carboxylic acids is 3. The molecule has 0 aliphatic carbocycles. The summed E-state index contributed by atoms with van der Waals surface area (Å²) in [6.45, 7) is 1.63. The Balaban J connectivity index is 1.71.